The number of nitrogens with zero attached hydrogens (tertiary/aromatic N) is 2. The van der Waals surface area contributed by atoms with Crippen LogP contribution in [0, 0.1) is 5.82 Å². The largest absolute Gasteiger partial charge is 0.383 e. The summed E-state index contributed by atoms with van der Waals surface area (Å²) in [6.45, 7) is 2.01. The van der Waals surface area contributed by atoms with Gasteiger partial charge in [-0.3, -0.25) is 0 Å². The van der Waals surface area contributed by atoms with Gasteiger partial charge in [-0.1, -0.05) is 22.9 Å². The summed E-state index contributed by atoms with van der Waals surface area (Å²) in [7, 11) is 1.86. The summed E-state index contributed by atoms with van der Waals surface area (Å²) in [4.78, 5) is 4.44. The summed E-state index contributed by atoms with van der Waals surface area (Å²) < 4.78 is 15.9. The van der Waals surface area contributed by atoms with Crippen LogP contribution in [0.5, 0.6) is 0 Å². The van der Waals surface area contributed by atoms with E-state index < -0.39 is 0 Å². The van der Waals surface area contributed by atoms with E-state index in [-0.39, 0.29) is 5.82 Å². The standard InChI is InChI=1S/C12H13BrFN3/c1-3-10-16-11(12(15)17(10)2)8-6-7(14)4-5-9(8)13/h4-6H,3,15H2,1-2H3. The maximum absolute atomic E-state index is 13.3. The zero-order chi connectivity index (χ0) is 12.6. The fourth-order valence-electron chi connectivity index (χ4n) is 1.75. The lowest BCUT2D eigenvalue weighted by Gasteiger charge is -2.03. The average molecular weight is 298 g/mol. The van der Waals surface area contributed by atoms with Crippen LogP contribution >= 0.6 is 15.9 Å². The minimum Gasteiger partial charge on any atom is -0.383 e. The molecule has 2 N–H and O–H groups in total. The van der Waals surface area contributed by atoms with Gasteiger partial charge in [-0.05, 0) is 18.2 Å². The third-order valence-electron chi connectivity index (χ3n) is 2.73. The van der Waals surface area contributed by atoms with E-state index in [0.717, 1.165) is 16.7 Å². The molecule has 0 bridgehead atoms. The predicted octanol–water partition coefficient (Wildman–Crippen LogP) is 3.13. The predicted molar refractivity (Wildman–Crippen MR) is 70.1 cm³/mol. The molecule has 0 saturated carbocycles. The molecule has 17 heavy (non-hydrogen) atoms. The van der Waals surface area contributed by atoms with Crippen molar-refractivity contribution in [2.45, 2.75) is 13.3 Å². The van der Waals surface area contributed by atoms with E-state index in [1.807, 2.05) is 18.5 Å². The van der Waals surface area contributed by atoms with Gasteiger partial charge in [0.1, 0.15) is 23.2 Å². The molecule has 0 aliphatic carbocycles. The Morgan fingerprint density at radius 1 is 1.47 bits per heavy atom. The van der Waals surface area contributed by atoms with Crippen molar-refractivity contribution >= 4 is 21.7 Å². The molecule has 2 aromatic rings. The van der Waals surface area contributed by atoms with E-state index in [1.54, 1.807) is 6.07 Å². The molecular formula is C12H13BrFN3. The van der Waals surface area contributed by atoms with Gasteiger partial charge in [0.25, 0.3) is 0 Å². The Morgan fingerprint density at radius 2 is 2.18 bits per heavy atom. The summed E-state index contributed by atoms with van der Waals surface area (Å²) in [5.41, 5.74) is 7.29. The van der Waals surface area contributed by atoms with Gasteiger partial charge >= 0.3 is 0 Å². The van der Waals surface area contributed by atoms with Crippen LogP contribution in [-0.2, 0) is 13.5 Å². The number of hydrogen-bond donors (Lipinski definition) is 1. The van der Waals surface area contributed by atoms with Crippen LogP contribution in [0.2, 0.25) is 0 Å². The van der Waals surface area contributed by atoms with E-state index in [9.17, 15) is 4.39 Å². The second-order valence-electron chi connectivity index (χ2n) is 3.80. The molecule has 0 saturated heterocycles. The monoisotopic (exact) mass is 297 g/mol. The number of aryl methyl sites for hydroxylation is 1. The SMILES string of the molecule is CCc1nc(-c2cc(F)ccc2Br)c(N)n1C. The summed E-state index contributed by atoms with van der Waals surface area (Å²) in [5, 5.41) is 0. The molecule has 0 aliphatic rings. The van der Waals surface area contributed by atoms with Gasteiger partial charge in [-0.2, -0.15) is 0 Å². The van der Waals surface area contributed by atoms with Crippen molar-refractivity contribution in [3.63, 3.8) is 0 Å². The van der Waals surface area contributed by atoms with Crippen LogP contribution < -0.4 is 5.73 Å². The van der Waals surface area contributed by atoms with Crippen molar-refractivity contribution < 1.29 is 4.39 Å². The lowest BCUT2D eigenvalue weighted by Crippen LogP contribution is -2.00. The zero-order valence-corrected chi connectivity index (χ0v) is 11.3. The maximum atomic E-state index is 13.3. The molecule has 1 heterocycles. The van der Waals surface area contributed by atoms with Crippen molar-refractivity contribution in [3.8, 4) is 11.3 Å². The van der Waals surface area contributed by atoms with Gasteiger partial charge in [0.05, 0.1) is 0 Å². The number of aromatic nitrogens is 2. The molecule has 5 heteroatoms. The molecule has 0 radical (unpaired) electrons. The summed E-state index contributed by atoms with van der Waals surface area (Å²) in [5.74, 6) is 1.13. The molecule has 90 valence electrons. The highest BCUT2D eigenvalue weighted by atomic mass is 79.9. The van der Waals surface area contributed by atoms with Crippen LogP contribution in [0.4, 0.5) is 10.2 Å². The number of hydrogen-bond acceptors (Lipinski definition) is 2. The Balaban J connectivity index is 2.64. The first kappa shape index (κ1) is 12.1. The van der Waals surface area contributed by atoms with E-state index in [0.29, 0.717) is 17.1 Å². The van der Waals surface area contributed by atoms with Gasteiger partial charge in [-0.25, -0.2) is 9.37 Å². The first-order valence-corrected chi connectivity index (χ1v) is 6.10. The Morgan fingerprint density at radius 3 is 2.76 bits per heavy atom. The molecule has 1 aromatic carbocycles. The fraction of sp³-hybridized carbons (Fsp3) is 0.250. The number of imidazole rings is 1. The third kappa shape index (κ3) is 2.07. The highest BCUT2D eigenvalue weighted by Gasteiger charge is 2.15. The minimum atomic E-state index is -0.300. The van der Waals surface area contributed by atoms with E-state index in [4.69, 9.17) is 5.73 Å². The minimum absolute atomic E-state index is 0.300. The zero-order valence-electron chi connectivity index (χ0n) is 9.67. The number of anilines is 1. The van der Waals surface area contributed by atoms with Gasteiger partial charge in [0, 0.05) is 23.5 Å². The van der Waals surface area contributed by atoms with Gasteiger partial charge < -0.3 is 10.3 Å². The van der Waals surface area contributed by atoms with Crippen LogP contribution in [0.1, 0.15) is 12.7 Å². The highest BCUT2D eigenvalue weighted by Crippen LogP contribution is 2.32. The first-order valence-electron chi connectivity index (χ1n) is 5.31. The molecule has 2 rings (SSSR count). The quantitative estimate of drug-likeness (QED) is 0.925. The van der Waals surface area contributed by atoms with Crippen LogP contribution in [0.15, 0.2) is 22.7 Å². The number of nitrogen functional groups attached to an aromatic ring is 1. The number of benzene rings is 1. The Hall–Kier alpha value is -1.36. The van der Waals surface area contributed by atoms with Gasteiger partial charge in [0.15, 0.2) is 0 Å². The molecule has 0 atom stereocenters. The normalized spacial score (nSPS) is 10.8. The molecule has 0 fully saturated rings. The molecular weight excluding hydrogens is 285 g/mol. The average Bonchev–Trinajstić information content (AvgIpc) is 2.59. The van der Waals surface area contributed by atoms with Gasteiger partial charge in [-0.15, -0.1) is 0 Å². The van der Waals surface area contributed by atoms with E-state index in [1.165, 1.54) is 12.1 Å². The maximum Gasteiger partial charge on any atom is 0.131 e. The highest BCUT2D eigenvalue weighted by molar-refractivity contribution is 9.10. The Bertz CT molecular complexity index is 563. The summed E-state index contributed by atoms with van der Waals surface area (Å²) in [6, 6.07) is 4.49. The fourth-order valence-corrected chi connectivity index (χ4v) is 2.19. The smallest absolute Gasteiger partial charge is 0.131 e. The van der Waals surface area contributed by atoms with Crippen molar-refractivity contribution in [1.29, 1.82) is 0 Å². The van der Waals surface area contributed by atoms with Crippen LogP contribution in [-0.4, -0.2) is 9.55 Å². The Kier molecular flexibility index (Phi) is 3.19. The number of nitrogens with two attached hydrogens (primary N) is 1. The van der Waals surface area contributed by atoms with E-state index in [2.05, 4.69) is 20.9 Å². The van der Waals surface area contributed by atoms with Crippen LogP contribution in [0.3, 0.4) is 0 Å². The van der Waals surface area contributed by atoms with Crippen molar-refractivity contribution in [2.24, 2.45) is 7.05 Å². The molecule has 1 aromatic heterocycles. The second kappa shape index (κ2) is 4.49. The lowest BCUT2D eigenvalue weighted by atomic mass is 10.1. The molecule has 3 nitrogen and oxygen atoms in total. The van der Waals surface area contributed by atoms with Crippen LogP contribution in [0.25, 0.3) is 11.3 Å². The molecule has 0 unspecified atom stereocenters. The molecule has 0 amide bonds. The Labute approximate surface area is 108 Å². The lowest BCUT2D eigenvalue weighted by molar-refractivity contribution is 0.628. The number of halogens is 2. The van der Waals surface area contributed by atoms with E-state index >= 15 is 0 Å². The molecule has 0 spiro atoms. The second-order valence-corrected chi connectivity index (χ2v) is 4.65. The first-order chi connectivity index (χ1) is 8.04. The van der Waals surface area contributed by atoms with Crippen molar-refractivity contribution in [2.75, 3.05) is 5.73 Å². The third-order valence-corrected chi connectivity index (χ3v) is 3.42. The molecule has 0 aliphatic heterocycles. The number of rotatable bonds is 2. The van der Waals surface area contributed by atoms with Gasteiger partial charge in [0.2, 0.25) is 0 Å². The van der Waals surface area contributed by atoms with Crippen molar-refractivity contribution in [1.82, 2.24) is 9.55 Å². The topological polar surface area (TPSA) is 43.8 Å². The summed E-state index contributed by atoms with van der Waals surface area (Å²) in [6.07, 6.45) is 0.785. The van der Waals surface area contributed by atoms with Crippen molar-refractivity contribution in [3.05, 3.63) is 34.3 Å². The summed E-state index contributed by atoms with van der Waals surface area (Å²) >= 11 is 3.39.